The van der Waals surface area contributed by atoms with Crippen molar-refractivity contribution < 1.29 is 15.0 Å². The lowest BCUT2D eigenvalue weighted by atomic mass is 10.0. The van der Waals surface area contributed by atoms with Gasteiger partial charge < -0.3 is 10.2 Å². The fourth-order valence-corrected chi connectivity index (χ4v) is 1.47. The molecule has 0 saturated heterocycles. The summed E-state index contributed by atoms with van der Waals surface area (Å²) in [4.78, 5) is 14.5. The van der Waals surface area contributed by atoms with Crippen molar-refractivity contribution >= 4 is 17.9 Å². The Morgan fingerprint density at radius 1 is 1.53 bits per heavy atom. The Kier molecular flexibility index (Phi) is 4.68. The first-order valence-electron chi connectivity index (χ1n) is 4.52. The predicted molar refractivity (Wildman–Crippen MR) is 55.9 cm³/mol. The number of aromatic nitrogens is 1. The molecule has 0 amide bonds. The van der Waals surface area contributed by atoms with Crippen LogP contribution in [-0.4, -0.2) is 33.5 Å². The summed E-state index contributed by atoms with van der Waals surface area (Å²) in [6.45, 7) is 0. The normalized spacial score (nSPS) is 14.6. The maximum absolute atomic E-state index is 10.7. The van der Waals surface area contributed by atoms with E-state index in [2.05, 4.69) is 4.98 Å². The molecule has 0 bridgehead atoms. The summed E-state index contributed by atoms with van der Waals surface area (Å²) in [5.41, 5.74) is 0.649. The van der Waals surface area contributed by atoms with Crippen LogP contribution in [0.2, 0.25) is 0 Å². The topological polar surface area (TPSA) is 70.4 Å². The van der Waals surface area contributed by atoms with E-state index < -0.39 is 12.2 Å². The van der Waals surface area contributed by atoms with Crippen LogP contribution in [0.4, 0.5) is 0 Å². The zero-order chi connectivity index (χ0) is 11.3. The van der Waals surface area contributed by atoms with E-state index in [4.69, 9.17) is 11.6 Å². The summed E-state index contributed by atoms with van der Waals surface area (Å²) in [7, 11) is 0. The van der Waals surface area contributed by atoms with Gasteiger partial charge in [-0.15, -0.1) is 11.6 Å². The Morgan fingerprint density at radius 3 is 2.87 bits per heavy atom. The molecule has 2 atom stereocenters. The molecule has 1 heterocycles. The Bertz CT molecular complexity index is 332. The lowest BCUT2D eigenvalue weighted by molar-refractivity contribution is 0.0164. The average Bonchev–Trinajstić information content (AvgIpc) is 2.28. The van der Waals surface area contributed by atoms with Crippen molar-refractivity contribution in [2.75, 3.05) is 5.88 Å². The first kappa shape index (κ1) is 12.1. The molecule has 0 aliphatic carbocycles. The van der Waals surface area contributed by atoms with Crippen molar-refractivity contribution in [3.63, 3.8) is 0 Å². The van der Waals surface area contributed by atoms with E-state index in [-0.39, 0.29) is 12.3 Å². The number of halogens is 1. The van der Waals surface area contributed by atoms with Gasteiger partial charge in [0.1, 0.15) is 6.10 Å². The fourth-order valence-electron chi connectivity index (χ4n) is 1.25. The van der Waals surface area contributed by atoms with Gasteiger partial charge in [0.25, 0.3) is 0 Å². The van der Waals surface area contributed by atoms with Gasteiger partial charge in [-0.2, -0.15) is 0 Å². The second kappa shape index (κ2) is 5.80. The Balaban J connectivity index is 2.89. The van der Waals surface area contributed by atoms with Gasteiger partial charge in [-0.1, -0.05) is 0 Å². The number of aldehydes is 1. The summed E-state index contributed by atoms with van der Waals surface area (Å²) < 4.78 is 0. The number of aliphatic hydroxyl groups excluding tert-OH is 2. The molecule has 1 aromatic heterocycles. The van der Waals surface area contributed by atoms with Gasteiger partial charge in [0.15, 0.2) is 6.29 Å². The third-order valence-corrected chi connectivity index (χ3v) is 2.32. The first-order valence-corrected chi connectivity index (χ1v) is 5.05. The number of hydrogen-bond acceptors (Lipinski definition) is 4. The molecule has 4 nitrogen and oxygen atoms in total. The van der Waals surface area contributed by atoms with E-state index in [1.165, 1.54) is 18.5 Å². The number of carbonyl (C=O) groups is 1. The van der Waals surface area contributed by atoms with Crippen LogP contribution < -0.4 is 0 Å². The number of aliphatic hydroxyl groups is 2. The SMILES string of the molecule is O=Cc1ccncc1C(O)C(O)CCCl. The van der Waals surface area contributed by atoms with Gasteiger partial charge in [0.2, 0.25) is 0 Å². The van der Waals surface area contributed by atoms with Crippen LogP contribution in [0.5, 0.6) is 0 Å². The number of carbonyl (C=O) groups excluding carboxylic acids is 1. The summed E-state index contributed by atoms with van der Waals surface area (Å²) in [6.07, 6.45) is 1.59. The lowest BCUT2D eigenvalue weighted by Crippen LogP contribution is -2.20. The number of nitrogens with zero attached hydrogens (tertiary/aromatic N) is 1. The predicted octanol–water partition coefficient (Wildman–Crippen LogP) is 0.917. The van der Waals surface area contributed by atoms with Crippen LogP contribution in [0.3, 0.4) is 0 Å². The molecule has 2 unspecified atom stereocenters. The zero-order valence-electron chi connectivity index (χ0n) is 8.01. The van der Waals surface area contributed by atoms with E-state index in [1.807, 2.05) is 0 Å². The quantitative estimate of drug-likeness (QED) is 0.582. The van der Waals surface area contributed by atoms with Crippen molar-refractivity contribution in [2.45, 2.75) is 18.6 Å². The first-order chi connectivity index (χ1) is 7.20. The second-order valence-electron chi connectivity index (χ2n) is 3.11. The molecular weight excluding hydrogens is 218 g/mol. The summed E-state index contributed by atoms with van der Waals surface area (Å²) in [5, 5.41) is 19.2. The fraction of sp³-hybridized carbons (Fsp3) is 0.400. The maximum Gasteiger partial charge on any atom is 0.150 e. The molecule has 0 aromatic carbocycles. The molecule has 0 aliphatic heterocycles. The van der Waals surface area contributed by atoms with Gasteiger partial charge in [0, 0.05) is 29.4 Å². The van der Waals surface area contributed by atoms with Crippen LogP contribution in [0, 0.1) is 0 Å². The molecule has 15 heavy (non-hydrogen) atoms. The highest BCUT2D eigenvalue weighted by atomic mass is 35.5. The number of pyridine rings is 1. The van der Waals surface area contributed by atoms with Crippen molar-refractivity contribution in [3.05, 3.63) is 29.6 Å². The highest BCUT2D eigenvalue weighted by Gasteiger charge is 2.20. The molecule has 1 aromatic rings. The van der Waals surface area contributed by atoms with E-state index >= 15 is 0 Å². The average molecular weight is 230 g/mol. The van der Waals surface area contributed by atoms with Gasteiger partial charge in [-0.3, -0.25) is 9.78 Å². The minimum atomic E-state index is -1.13. The standard InChI is InChI=1S/C10H12ClNO3/c11-3-1-9(14)10(15)8-5-12-4-2-7(8)6-13/h2,4-6,9-10,14-15H,1,3H2. The number of hydrogen-bond donors (Lipinski definition) is 2. The molecule has 1 rings (SSSR count). The van der Waals surface area contributed by atoms with Crippen LogP contribution in [0.1, 0.15) is 28.4 Å². The van der Waals surface area contributed by atoms with Gasteiger partial charge in [-0.25, -0.2) is 0 Å². The van der Waals surface area contributed by atoms with Crippen molar-refractivity contribution in [2.24, 2.45) is 0 Å². The highest BCUT2D eigenvalue weighted by Crippen LogP contribution is 2.21. The van der Waals surface area contributed by atoms with Gasteiger partial charge in [0.05, 0.1) is 6.10 Å². The van der Waals surface area contributed by atoms with Crippen molar-refractivity contribution in [1.29, 1.82) is 0 Å². The Hall–Kier alpha value is -0.970. The van der Waals surface area contributed by atoms with Crippen LogP contribution >= 0.6 is 11.6 Å². The minimum Gasteiger partial charge on any atom is -0.390 e. The third kappa shape index (κ3) is 2.99. The van der Waals surface area contributed by atoms with E-state index in [0.717, 1.165) is 0 Å². The monoisotopic (exact) mass is 229 g/mol. The summed E-state index contributed by atoms with van der Waals surface area (Å²) in [6, 6.07) is 1.49. The smallest absolute Gasteiger partial charge is 0.150 e. The lowest BCUT2D eigenvalue weighted by Gasteiger charge is -2.17. The Labute approximate surface area is 92.5 Å². The second-order valence-corrected chi connectivity index (χ2v) is 3.49. The van der Waals surface area contributed by atoms with Crippen molar-refractivity contribution in [1.82, 2.24) is 4.98 Å². The summed E-state index contributed by atoms with van der Waals surface area (Å²) in [5.74, 6) is 0.245. The number of rotatable bonds is 5. The molecule has 82 valence electrons. The van der Waals surface area contributed by atoms with E-state index in [1.54, 1.807) is 0 Å². The molecule has 2 N–H and O–H groups in total. The summed E-state index contributed by atoms with van der Waals surface area (Å²) >= 11 is 5.45. The Morgan fingerprint density at radius 2 is 2.27 bits per heavy atom. The highest BCUT2D eigenvalue weighted by molar-refractivity contribution is 6.17. The zero-order valence-corrected chi connectivity index (χ0v) is 8.76. The van der Waals surface area contributed by atoms with E-state index in [0.29, 0.717) is 17.4 Å². The molecule has 0 aliphatic rings. The van der Waals surface area contributed by atoms with E-state index in [9.17, 15) is 15.0 Å². The molecule has 0 radical (unpaired) electrons. The molecule has 0 spiro atoms. The minimum absolute atomic E-state index is 0.245. The van der Waals surface area contributed by atoms with Crippen LogP contribution in [0.25, 0.3) is 0 Å². The van der Waals surface area contributed by atoms with Crippen LogP contribution in [-0.2, 0) is 0 Å². The number of alkyl halides is 1. The van der Waals surface area contributed by atoms with Crippen molar-refractivity contribution in [3.8, 4) is 0 Å². The molecule has 0 fully saturated rings. The molecule has 0 saturated carbocycles. The maximum atomic E-state index is 10.7. The van der Waals surface area contributed by atoms with Gasteiger partial charge in [-0.05, 0) is 12.5 Å². The third-order valence-electron chi connectivity index (χ3n) is 2.10. The van der Waals surface area contributed by atoms with Crippen LogP contribution in [0.15, 0.2) is 18.5 Å². The molecule has 5 heteroatoms. The molecular formula is C10H12ClNO3. The van der Waals surface area contributed by atoms with Gasteiger partial charge >= 0.3 is 0 Å². The largest absolute Gasteiger partial charge is 0.390 e.